The van der Waals surface area contributed by atoms with Gasteiger partial charge in [-0.1, -0.05) is 6.07 Å². The van der Waals surface area contributed by atoms with Crippen molar-refractivity contribution in [2.24, 2.45) is 4.99 Å². The number of aliphatic imine (C=N–C) groups is 1. The lowest BCUT2D eigenvalue weighted by Crippen LogP contribution is -2.00. The third-order valence-corrected chi connectivity index (χ3v) is 2.28. The van der Waals surface area contributed by atoms with Gasteiger partial charge in [0.2, 0.25) is 0 Å². The molecule has 0 aliphatic carbocycles. The number of hydrogen-bond donors (Lipinski definition) is 1. The van der Waals surface area contributed by atoms with Crippen molar-refractivity contribution < 1.29 is 9.52 Å². The second-order valence-corrected chi connectivity index (χ2v) is 3.07. The monoisotopic (exact) mass is 187 g/mol. The first kappa shape index (κ1) is 7.32. The Hall–Kier alpha value is -2.10. The summed E-state index contributed by atoms with van der Waals surface area (Å²) < 4.78 is 4.65. The molecule has 0 bridgehead atoms. The number of nitrogens with zero attached hydrogens (tertiary/aromatic N) is 1. The highest BCUT2D eigenvalue weighted by atomic mass is 16.5. The smallest absolute Gasteiger partial charge is 0.346 e. The molecule has 0 fully saturated rings. The molecule has 2 heterocycles. The first-order valence-electron chi connectivity index (χ1n) is 4.10. The van der Waals surface area contributed by atoms with E-state index in [9.17, 15) is 9.90 Å². The van der Waals surface area contributed by atoms with Gasteiger partial charge in [0.25, 0.3) is 5.95 Å². The summed E-state index contributed by atoms with van der Waals surface area (Å²) >= 11 is 0. The zero-order chi connectivity index (χ0) is 9.71. The number of rotatable bonds is 0. The topological polar surface area (TPSA) is 62.8 Å². The van der Waals surface area contributed by atoms with Crippen LogP contribution >= 0.6 is 0 Å². The van der Waals surface area contributed by atoms with Crippen LogP contribution in [0.1, 0.15) is 5.56 Å². The van der Waals surface area contributed by atoms with Crippen LogP contribution in [0.5, 0.6) is 5.95 Å². The van der Waals surface area contributed by atoms with Gasteiger partial charge in [-0.3, -0.25) is 4.99 Å². The van der Waals surface area contributed by atoms with Crippen molar-refractivity contribution in [3.8, 4) is 5.95 Å². The van der Waals surface area contributed by atoms with Crippen molar-refractivity contribution in [2.45, 2.75) is 0 Å². The molecular weight excluding hydrogens is 182 g/mol. The normalized spacial score (nSPS) is 12.6. The average Bonchev–Trinajstić information content (AvgIpc) is 2.59. The summed E-state index contributed by atoms with van der Waals surface area (Å²) in [6.07, 6.45) is 1.50. The molecule has 0 radical (unpaired) electrons. The Labute approximate surface area is 78.1 Å². The number of hydrogen-bond acceptors (Lipinski definition) is 4. The minimum Gasteiger partial charge on any atom is -0.480 e. The third-order valence-electron chi connectivity index (χ3n) is 2.28. The molecule has 1 aliphatic heterocycles. The third kappa shape index (κ3) is 0.724. The maximum absolute atomic E-state index is 11.3. The van der Waals surface area contributed by atoms with E-state index in [4.69, 9.17) is 0 Å². The largest absolute Gasteiger partial charge is 0.480 e. The van der Waals surface area contributed by atoms with E-state index in [0.717, 1.165) is 0 Å². The standard InChI is InChI=1S/C10H5NO3/c12-9-5-2-1-3-7-8(5)6(4-11-7)10(13)14-9/h1-4,13H. The van der Waals surface area contributed by atoms with Gasteiger partial charge in [-0.15, -0.1) is 0 Å². The van der Waals surface area contributed by atoms with Gasteiger partial charge in [-0.2, -0.15) is 0 Å². The quantitative estimate of drug-likeness (QED) is 0.580. The van der Waals surface area contributed by atoms with Crippen LogP contribution in [0.2, 0.25) is 0 Å². The van der Waals surface area contributed by atoms with Crippen molar-refractivity contribution >= 4 is 22.7 Å². The predicted molar refractivity (Wildman–Crippen MR) is 51.4 cm³/mol. The van der Waals surface area contributed by atoms with Gasteiger partial charge in [0.15, 0.2) is 0 Å². The molecule has 1 N–H and O–H groups in total. The lowest BCUT2D eigenvalue weighted by molar-refractivity contribution is 0.312. The van der Waals surface area contributed by atoms with Gasteiger partial charge in [0, 0.05) is 11.6 Å². The minimum atomic E-state index is -0.534. The lowest BCUT2D eigenvalue weighted by atomic mass is 10.1. The van der Waals surface area contributed by atoms with Crippen LogP contribution in [0.4, 0.5) is 5.69 Å². The van der Waals surface area contributed by atoms with Crippen molar-refractivity contribution in [1.82, 2.24) is 0 Å². The molecule has 0 saturated carbocycles. The molecule has 68 valence electrons. The Kier molecular flexibility index (Phi) is 1.16. The second kappa shape index (κ2) is 2.23. The minimum absolute atomic E-state index is 0.365. The van der Waals surface area contributed by atoms with E-state index >= 15 is 0 Å². The molecule has 3 rings (SSSR count). The molecule has 4 heteroatoms. The maximum atomic E-state index is 11.3. The van der Waals surface area contributed by atoms with Crippen molar-refractivity contribution in [1.29, 1.82) is 0 Å². The molecule has 1 aliphatic rings. The van der Waals surface area contributed by atoms with E-state index in [-0.39, 0.29) is 5.95 Å². The Balaban J connectivity index is 2.70. The molecule has 0 spiro atoms. The zero-order valence-corrected chi connectivity index (χ0v) is 7.02. The Morgan fingerprint density at radius 3 is 3.07 bits per heavy atom. The predicted octanol–water partition coefficient (Wildman–Crippen LogP) is 1.56. The van der Waals surface area contributed by atoms with E-state index in [1.165, 1.54) is 6.21 Å². The first-order chi connectivity index (χ1) is 6.77. The highest BCUT2D eigenvalue weighted by molar-refractivity contribution is 6.11. The van der Waals surface area contributed by atoms with Crippen LogP contribution in [-0.2, 0) is 0 Å². The number of aromatic hydroxyl groups is 1. The summed E-state index contributed by atoms with van der Waals surface area (Å²) in [4.78, 5) is 15.4. The summed E-state index contributed by atoms with van der Waals surface area (Å²) in [6.45, 7) is 0. The van der Waals surface area contributed by atoms with Gasteiger partial charge in [0.05, 0.1) is 16.6 Å². The van der Waals surface area contributed by atoms with E-state index < -0.39 is 5.63 Å². The van der Waals surface area contributed by atoms with E-state index in [2.05, 4.69) is 9.41 Å². The molecule has 0 saturated heterocycles. The summed E-state index contributed by atoms with van der Waals surface area (Å²) in [5.74, 6) is -0.365. The van der Waals surface area contributed by atoms with Crippen LogP contribution in [-0.4, -0.2) is 11.3 Å². The molecule has 1 aromatic heterocycles. The SMILES string of the molecule is O=c1oc(O)c2c3c(cccc13)N=C2. The van der Waals surface area contributed by atoms with Crippen LogP contribution in [0.25, 0.3) is 10.8 Å². The molecule has 1 aromatic carbocycles. The Morgan fingerprint density at radius 2 is 2.21 bits per heavy atom. The van der Waals surface area contributed by atoms with Crippen molar-refractivity contribution in [2.75, 3.05) is 0 Å². The lowest BCUT2D eigenvalue weighted by Gasteiger charge is -1.99. The molecular formula is C10H5NO3. The molecule has 14 heavy (non-hydrogen) atoms. The van der Waals surface area contributed by atoms with Gasteiger partial charge < -0.3 is 9.52 Å². The van der Waals surface area contributed by atoms with E-state index in [1.807, 2.05) is 0 Å². The highest BCUT2D eigenvalue weighted by Crippen LogP contribution is 2.34. The molecule has 0 atom stereocenters. The Bertz CT molecular complexity index is 625. The van der Waals surface area contributed by atoms with Gasteiger partial charge in [-0.05, 0) is 12.1 Å². The van der Waals surface area contributed by atoms with Gasteiger partial charge in [-0.25, -0.2) is 4.79 Å². The molecule has 2 aromatic rings. The summed E-state index contributed by atoms with van der Waals surface area (Å²) in [6, 6.07) is 5.18. The van der Waals surface area contributed by atoms with Gasteiger partial charge >= 0.3 is 5.63 Å². The average molecular weight is 187 g/mol. The summed E-state index contributed by atoms with van der Waals surface area (Å²) in [5.41, 5.74) is 0.643. The van der Waals surface area contributed by atoms with Crippen LogP contribution in [0.3, 0.4) is 0 Å². The van der Waals surface area contributed by atoms with Crippen LogP contribution < -0.4 is 5.63 Å². The van der Waals surface area contributed by atoms with E-state index in [1.54, 1.807) is 18.2 Å². The summed E-state index contributed by atoms with van der Waals surface area (Å²) in [5, 5.41) is 10.5. The second-order valence-electron chi connectivity index (χ2n) is 3.07. The first-order valence-corrected chi connectivity index (χ1v) is 4.10. The maximum Gasteiger partial charge on any atom is 0.346 e. The fraction of sp³-hybridized carbons (Fsp3) is 0. The fourth-order valence-electron chi connectivity index (χ4n) is 1.66. The summed E-state index contributed by atoms with van der Waals surface area (Å²) in [7, 11) is 0. The van der Waals surface area contributed by atoms with Crippen LogP contribution in [0.15, 0.2) is 32.4 Å². The molecule has 0 unspecified atom stereocenters. The van der Waals surface area contributed by atoms with Gasteiger partial charge in [0.1, 0.15) is 0 Å². The molecule has 4 nitrogen and oxygen atoms in total. The zero-order valence-electron chi connectivity index (χ0n) is 7.02. The molecule has 0 amide bonds. The number of benzene rings is 1. The fourth-order valence-corrected chi connectivity index (χ4v) is 1.66. The highest BCUT2D eigenvalue weighted by Gasteiger charge is 2.17. The van der Waals surface area contributed by atoms with Crippen molar-refractivity contribution in [3.05, 3.63) is 34.2 Å². The van der Waals surface area contributed by atoms with Crippen molar-refractivity contribution in [3.63, 3.8) is 0 Å². The Morgan fingerprint density at radius 1 is 1.36 bits per heavy atom. The van der Waals surface area contributed by atoms with Crippen LogP contribution in [0, 0.1) is 0 Å². The van der Waals surface area contributed by atoms with E-state index in [0.29, 0.717) is 22.0 Å².